The van der Waals surface area contributed by atoms with Gasteiger partial charge in [0, 0.05) is 10.9 Å². The van der Waals surface area contributed by atoms with Crippen molar-refractivity contribution in [1.82, 2.24) is 4.98 Å². The average Bonchev–Trinajstić information content (AvgIpc) is 2.78. The third-order valence-corrected chi connectivity index (χ3v) is 3.12. The molecule has 6 heteroatoms. The molecule has 0 spiro atoms. The van der Waals surface area contributed by atoms with Crippen LogP contribution in [0.5, 0.6) is 0 Å². The van der Waals surface area contributed by atoms with Gasteiger partial charge in [-0.2, -0.15) is 0 Å². The van der Waals surface area contributed by atoms with Crippen molar-refractivity contribution in [3.05, 3.63) is 46.5 Å². The van der Waals surface area contributed by atoms with E-state index in [1.54, 1.807) is 12.1 Å². The van der Waals surface area contributed by atoms with Crippen LogP contribution in [0.1, 0.15) is 26.4 Å². The Bertz CT molecular complexity index is 607. The molecule has 0 saturated heterocycles. The molecule has 2 amide bonds. The number of nitrogens with two attached hydrogens (primary N) is 1. The number of amides is 2. The molecule has 0 fully saturated rings. The van der Waals surface area contributed by atoms with E-state index >= 15 is 0 Å². The maximum atomic E-state index is 12.0. The van der Waals surface area contributed by atoms with Gasteiger partial charge in [0.15, 0.2) is 5.13 Å². The highest BCUT2D eigenvalue weighted by Gasteiger charge is 2.12. The molecule has 0 radical (unpaired) electrons. The van der Waals surface area contributed by atoms with Crippen LogP contribution in [-0.4, -0.2) is 16.8 Å². The zero-order chi connectivity index (χ0) is 13.1. The van der Waals surface area contributed by atoms with Crippen LogP contribution in [0.4, 0.5) is 5.13 Å². The van der Waals surface area contributed by atoms with Gasteiger partial charge in [-0.3, -0.25) is 14.9 Å². The molecule has 1 aromatic heterocycles. The molecule has 1 heterocycles. The molecule has 5 nitrogen and oxygen atoms in total. The molecule has 0 aliphatic rings. The number of nitrogens with zero attached hydrogens (tertiary/aromatic N) is 1. The van der Waals surface area contributed by atoms with Crippen LogP contribution in [0.3, 0.4) is 0 Å². The fourth-order valence-corrected chi connectivity index (χ4v) is 2.13. The van der Waals surface area contributed by atoms with Gasteiger partial charge < -0.3 is 5.73 Å². The summed E-state index contributed by atoms with van der Waals surface area (Å²) in [4.78, 5) is 26.7. The van der Waals surface area contributed by atoms with Gasteiger partial charge in [0.25, 0.3) is 11.8 Å². The maximum absolute atomic E-state index is 12.0. The number of anilines is 1. The van der Waals surface area contributed by atoms with Crippen LogP contribution in [0.2, 0.25) is 0 Å². The van der Waals surface area contributed by atoms with E-state index < -0.39 is 5.91 Å². The zero-order valence-electron chi connectivity index (χ0n) is 9.64. The summed E-state index contributed by atoms with van der Waals surface area (Å²) >= 11 is 1.16. The summed E-state index contributed by atoms with van der Waals surface area (Å²) in [5.41, 5.74) is 6.69. The van der Waals surface area contributed by atoms with Gasteiger partial charge in [0.1, 0.15) is 5.69 Å². The van der Waals surface area contributed by atoms with Crippen LogP contribution in [-0.2, 0) is 0 Å². The predicted molar refractivity (Wildman–Crippen MR) is 69.8 cm³/mol. The lowest BCUT2D eigenvalue weighted by molar-refractivity contribution is 0.0992. The highest BCUT2D eigenvalue weighted by molar-refractivity contribution is 7.14. The molecule has 18 heavy (non-hydrogen) atoms. The SMILES string of the molecule is Cc1ccccc1C(=O)Nc1nc(C(N)=O)cs1. The molecule has 92 valence electrons. The number of hydrogen-bond donors (Lipinski definition) is 2. The van der Waals surface area contributed by atoms with Crippen molar-refractivity contribution in [3.63, 3.8) is 0 Å². The van der Waals surface area contributed by atoms with E-state index in [2.05, 4.69) is 10.3 Å². The number of rotatable bonds is 3. The standard InChI is InChI=1S/C12H11N3O2S/c1-7-4-2-3-5-8(7)11(17)15-12-14-9(6-18-12)10(13)16/h2-6H,1H3,(H2,13,16)(H,14,15,17). The minimum Gasteiger partial charge on any atom is -0.364 e. The number of aromatic nitrogens is 1. The Morgan fingerprint density at radius 2 is 2.06 bits per heavy atom. The highest BCUT2D eigenvalue weighted by atomic mass is 32.1. The van der Waals surface area contributed by atoms with Gasteiger partial charge in [-0.25, -0.2) is 4.98 Å². The number of benzene rings is 1. The lowest BCUT2D eigenvalue weighted by Gasteiger charge is -2.04. The molecular formula is C12H11N3O2S. The average molecular weight is 261 g/mol. The number of carbonyl (C=O) groups excluding carboxylic acids is 2. The van der Waals surface area contributed by atoms with Crippen molar-refractivity contribution in [2.45, 2.75) is 6.92 Å². The number of thiazole rings is 1. The molecule has 0 saturated carbocycles. The first-order chi connectivity index (χ1) is 8.58. The van der Waals surface area contributed by atoms with Crippen LogP contribution < -0.4 is 11.1 Å². The summed E-state index contributed by atoms with van der Waals surface area (Å²) in [6.07, 6.45) is 0. The molecule has 0 bridgehead atoms. The Labute approximate surface area is 108 Å². The van der Waals surface area contributed by atoms with Crippen LogP contribution in [0.15, 0.2) is 29.6 Å². The topological polar surface area (TPSA) is 85.1 Å². The van der Waals surface area contributed by atoms with Crippen molar-refractivity contribution in [2.75, 3.05) is 5.32 Å². The number of hydrogen-bond acceptors (Lipinski definition) is 4. The number of aryl methyl sites for hydroxylation is 1. The van der Waals surface area contributed by atoms with E-state index in [0.717, 1.165) is 16.9 Å². The number of nitrogens with one attached hydrogen (secondary N) is 1. The van der Waals surface area contributed by atoms with Gasteiger partial charge in [0.2, 0.25) is 0 Å². The monoisotopic (exact) mass is 261 g/mol. The number of carbonyl (C=O) groups is 2. The molecule has 0 aliphatic heterocycles. The second-order valence-electron chi connectivity index (χ2n) is 3.67. The van der Waals surface area contributed by atoms with E-state index in [1.807, 2.05) is 19.1 Å². The molecular weight excluding hydrogens is 250 g/mol. The van der Waals surface area contributed by atoms with Crippen molar-refractivity contribution in [2.24, 2.45) is 5.73 Å². The molecule has 2 aromatic rings. The maximum Gasteiger partial charge on any atom is 0.268 e. The lowest BCUT2D eigenvalue weighted by atomic mass is 10.1. The molecule has 0 atom stereocenters. The van der Waals surface area contributed by atoms with Crippen molar-refractivity contribution in [3.8, 4) is 0 Å². The lowest BCUT2D eigenvalue weighted by Crippen LogP contribution is -2.14. The smallest absolute Gasteiger partial charge is 0.268 e. The Morgan fingerprint density at radius 1 is 1.33 bits per heavy atom. The Kier molecular flexibility index (Phi) is 3.38. The second-order valence-corrected chi connectivity index (χ2v) is 4.53. The summed E-state index contributed by atoms with van der Waals surface area (Å²) in [5, 5.41) is 4.50. The fraction of sp³-hybridized carbons (Fsp3) is 0.0833. The zero-order valence-corrected chi connectivity index (χ0v) is 10.5. The van der Waals surface area contributed by atoms with E-state index in [4.69, 9.17) is 5.73 Å². The molecule has 1 aromatic carbocycles. The van der Waals surface area contributed by atoms with E-state index in [-0.39, 0.29) is 11.6 Å². The Morgan fingerprint density at radius 3 is 2.67 bits per heavy atom. The quantitative estimate of drug-likeness (QED) is 0.883. The summed E-state index contributed by atoms with van der Waals surface area (Å²) < 4.78 is 0. The first-order valence-electron chi connectivity index (χ1n) is 5.20. The van der Waals surface area contributed by atoms with Gasteiger partial charge in [-0.15, -0.1) is 11.3 Å². The van der Waals surface area contributed by atoms with Crippen LogP contribution in [0.25, 0.3) is 0 Å². The largest absolute Gasteiger partial charge is 0.364 e. The van der Waals surface area contributed by atoms with Gasteiger partial charge in [0.05, 0.1) is 0 Å². The van der Waals surface area contributed by atoms with Gasteiger partial charge in [-0.1, -0.05) is 18.2 Å². The van der Waals surface area contributed by atoms with Gasteiger partial charge >= 0.3 is 0 Å². The summed E-state index contributed by atoms with van der Waals surface area (Å²) in [7, 11) is 0. The number of primary amides is 1. The first kappa shape index (κ1) is 12.3. The molecule has 0 unspecified atom stereocenters. The minimum atomic E-state index is -0.609. The third-order valence-electron chi connectivity index (χ3n) is 2.37. The summed E-state index contributed by atoms with van der Waals surface area (Å²) in [5.74, 6) is -0.860. The predicted octanol–water partition coefficient (Wildman–Crippen LogP) is 1.80. The second kappa shape index (κ2) is 4.97. The van der Waals surface area contributed by atoms with Crippen molar-refractivity contribution >= 4 is 28.3 Å². The van der Waals surface area contributed by atoms with Crippen LogP contribution >= 0.6 is 11.3 Å². The van der Waals surface area contributed by atoms with E-state index in [1.165, 1.54) is 5.38 Å². The summed E-state index contributed by atoms with van der Waals surface area (Å²) in [6, 6.07) is 7.23. The Balaban J connectivity index is 2.16. The van der Waals surface area contributed by atoms with Crippen LogP contribution in [0, 0.1) is 6.92 Å². The minimum absolute atomic E-state index is 0.153. The highest BCUT2D eigenvalue weighted by Crippen LogP contribution is 2.17. The first-order valence-corrected chi connectivity index (χ1v) is 6.08. The molecule has 0 aliphatic carbocycles. The Hall–Kier alpha value is -2.21. The van der Waals surface area contributed by atoms with E-state index in [9.17, 15) is 9.59 Å². The van der Waals surface area contributed by atoms with E-state index in [0.29, 0.717) is 10.7 Å². The van der Waals surface area contributed by atoms with Crippen molar-refractivity contribution in [1.29, 1.82) is 0 Å². The molecule has 3 N–H and O–H groups in total. The van der Waals surface area contributed by atoms with Crippen molar-refractivity contribution < 1.29 is 9.59 Å². The molecule has 2 rings (SSSR count). The van der Waals surface area contributed by atoms with Gasteiger partial charge in [-0.05, 0) is 18.6 Å². The normalized spacial score (nSPS) is 10.1. The fourth-order valence-electron chi connectivity index (χ4n) is 1.44. The third kappa shape index (κ3) is 2.54. The summed E-state index contributed by atoms with van der Waals surface area (Å²) in [6.45, 7) is 1.85.